The number of ether oxygens (including phenoxy) is 1. The van der Waals surface area contributed by atoms with Crippen LogP contribution in [0.4, 0.5) is 11.4 Å². The molecule has 7 heteroatoms. The van der Waals surface area contributed by atoms with E-state index in [9.17, 15) is 10.1 Å². The molecule has 4 aromatic carbocycles. The summed E-state index contributed by atoms with van der Waals surface area (Å²) in [7, 11) is 0. The zero-order chi connectivity index (χ0) is 26.3. The Morgan fingerprint density at radius 2 is 1.50 bits per heavy atom. The van der Waals surface area contributed by atoms with Crippen LogP contribution < -0.4 is 10.2 Å². The van der Waals surface area contributed by atoms with E-state index in [0.29, 0.717) is 12.3 Å². The van der Waals surface area contributed by atoms with Gasteiger partial charge in [0.1, 0.15) is 5.75 Å². The Bertz CT molecular complexity index is 1540. The lowest BCUT2D eigenvalue weighted by atomic mass is 10.1. The molecule has 0 unspecified atom stereocenters. The van der Waals surface area contributed by atoms with E-state index in [1.54, 1.807) is 18.3 Å². The Morgan fingerprint density at radius 1 is 0.868 bits per heavy atom. The predicted octanol–water partition coefficient (Wildman–Crippen LogP) is 7.56. The molecular formula is C31H26N4O3. The summed E-state index contributed by atoms with van der Waals surface area (Å²) in [6.07, 6.45) is 1.78. The third-order valence-electron chi connectivity index (χ3n) is 6.03. The average molecular weight is 503 g/mol. The zero-order valence-corrected chi connectivity index (χ0v) is 20.8. The van der Waals surface area contributed by atoms with Gasteiger partial charge in [-0.2, -0.15) is 5.10 Å². The number of nitro groups is 1. The lowest BCUT2D eigenvalue weighted by Crippen LogP contribution is -2.01. The average Bonchev–Trinajstić information content (AvgIpc) is 3.34. The monoisotopic (exact) mass is 502 g/mol. The van der Waals surface area contributed by atoms with Crippen molar-refractivity contribution in [3.63, 3.8) is 0 Å². The Balaban J connectivity index is 1.62. The highest BCUT2D eigenvalue weighted by molar-refractivity contribution is 5.94. The van der Waals surface area contributed by atoms with Crippen molar-refractivity contribution in [2.75, 3.05) is 12.0 Å². The molecule has 0 aliphatic carbocycles. The first kappa shape index (κ1) is 24.5. The van der Waals surface area contributed by atoms with Crippen molar-refractivity contribution in [2.45, 2.75) is 6.92 Å². The zero-order valence-electron chi connectivity index (χ0n) is 20.8. The molecule has 0 aliphatic rings. The van der Waals surface area contributed by atoms with Crippen LogP contribution in [0.5, 0.6) is 5.75 Å². The first-order valence-electron chi connectivity index (χ1n) is 12.3. The van der Waals surface area contributed by atoms with Crippen LogP contribution in [0.25, 0.3) is 28.2 Å². The molecule has 0 spiro atoms. The molecule has 5 aromatic rings. The smallest absolute Gasteiger partial charge is 0.269 e. The molecule has 0 radical (unpaired) electrons. The van der Waals surface area contributed by atoms with Gasteiger partial charge in [0.05, 0.1) is 34.8 Å². The fraction of sp³-hybridized carbons (Fsp3) is 0.0645. The largest absolute Gasteiger partial charge is 0.494 e. The second-order valence-electron chi connectivity index (χ2n) is 8.50. The molecule has 5 rings (SSSR count). The molecule has 7 nitrogen and oxygen atoms in total. The molecule has 0 aliphatic heterocycles. The molecule has 0 saturated carbocycles. The van der Waals surface area contributed by atoms with Crippen molar-refractivity contribution in [3.05, 3.63) is 131 Å². The van der Waals surface area contributed by atoms with Gasteiger partial charge in [-0.3, -0.25) is 15.5 Å². The number of non-ortho nitro benzene ring substituents is 1. The molecule has 0 saturated heterocycles. The van der Waals surface area contributed by atoms with E-state index in [0.717, 1.165) is 39.5 Å². The summed E-state index contributed by atoms with van der Waals surface area (Å²) in [6, 6.07) is 36.8. The van der Waals surface area contributed by atoms with E-state index in [4.69, 9.17) is 4.74 Å². The number of benzene rings is 4. The van der Waals surface area contributed by atoms with E-state index in [1.165, 1.54) is 12.1 Å². The number of nitro benzene ring substituents is 1. The molecule has 0 fully saturated rings. The van der Waals surface area contributed by atoms with Gasteiger partial charge in [-0.1, -0.05) is 60.7 Å². The molecular weight excluding hydrogens is 476 g/mol. The Kier molecular flexibility index (Phi) is 7.27. The first-order chi connectivity index (χ1) is 18.6. The first-order valence-corrected chi connectivity index (χ1v) is 12.3. The second kappa shape index (κ2) is 11.3. The van der Waals surface area contributed by atoms with Gasteiger partial charge in [-0.15, -0.1) is 0 Å². The van der Waals surface area contributed by atoms with Gasteiger partial charge in [0.15, 0.2) is 0 Å². The van der Waals surface area contributed by atoms with Crippen LogP contribution >= 0.6 is 0 Å². The van der Waals surface area contributed by atoms with E-state index < -0.39 is 4.92 Å². The molecule has 188 valence electrons. The van der Waals surface area contributed by atoms with Gasteiger partial charge < -0.3 is 9.30 Å². The minimum atomic E-state index is -0.423. The second-order valence-corrected chi connectivity index (χ2v) is 8.50. The third-order valence-corrected chi connectivity index (χ3v) is 6.03. The van der Waals surface area contributed by atoms with Crippen LogP contribution in [0.15, 0.2) is 120 Å². The minimum absolute atomic E-state index is 0.0332. The number of anilines is 1. The Morgan fingerprint density at radius 3 is 2.11 bits per heavy atom. The Labute approximate surface area is 220 Å². The topological polar surface area (TPSA) is 81.7 Å². The summed E-state index contributed by atoms with van der Waals surface area (Å²) < 4.78 is 7.90. The van der Waals surface area contributed by atoms with Crippen molar-refractivity contribution in [1.82, 2.24) is 4.57 Å². The molecule has 38 heavy (non-hydrogen) atoms. The normalized spacial score (nSPS) is 11.0. The number of rotatable bonds is 9. The number of aromatic nitrogens is 1. The van der Waals surface area contributed by atoms with Crippen LogP contribution in [0.2, 0.25) is 0 Å². The van der Waals surface area contributed by atoms with Crippen molar-refractivity contribution in [1.29, 1.82) is 0 Å². The van der Waals surface area contributed by atoms with Gasteiger partial charge in [0, 0.05) is 23.4 Å². The van der Waals surface area contributed by atoms with Gasteiger partial charge in [-0.05, 0) is 60.5 Å². The van der Waals surface area contributed by atoms with Crippen molar-refractivity contribution in [3.8, 4) is 34.0 Å². The summed E-state index contributed by atoms with van der Waals surface area (Å²) in [5, 5.41) is 15.4. The maximum Gasteiger partial charge on any atom is 0.269 e. The molecule has 0 bridgehead atoms. The number of nitrogens with one attached hydrogen (secondary N) is 1. The van der Waals surface area contributed by atoms with Gasteiger partial charge in [0.25, 0.3) is 5.69 Å². The van der Waals surface area contributed by atoms with Crippen LogP contribution in [0.3, 0.4) is 0 Å². The summed E-state index contributed by atoms with van der Waals surface area (Å²) in [6.45, 7) is 2.58. The third kappa shape index (κ3) is 5.32. The fourth-order valence-electron chi connectivity index (χ4n) is 4.30. The molecule has 0 amide bonds. The fourth-order valence-corrected chi connectivity index (χ4v) is 4.30. The number of hydrogen-bond acceptors (Lipinski definition) is 5. The van der Waals surface area contributed by atoms with E-state index >= 15 is 0 Å². The quantitative estimate of drug-likeness (QED) is 0.128. The van der Waals surface area contributed by atoms with Crippen molar-refractivity contribution in [2.24, 2.45) is 5.10 Å². The number of hydrogen-bond donors (Lipinski definition) is 1. The summed E-state index contributed by atoms with van der Waals surface area (Å²) >= 11 is 0. The predicted molar refractivity (Wildman–Crippen MR) is 152 cm³/mol. The molecule has 1 N–H and O–H groups in total. The molecule has 1 heterocycles. The van der Waals surface area contributed by atoms with Crippen LogP contribution in [0, 0.1) is 10.1 Å². The van der Waals surface area contributed by atoms with E-state index in [-0.39, 0.29) is 5.69 Å². The van der Waals surface area contributed by atoms with E-state index in [2.05, 4.69) is 57.6 Å². The van der Waals surface area contributed by atoms with Gasteiger partial charge >= 0.3 is 0 Å². The van der Waals surface area contributed by atoms with Crippen LogP contribution in [0.1, 0.15) is 12.5 Å². The van der Waals surface area contributed by atoms with Crippen molar-refractivity contribution < 1.29 is 9.66 Å². The van der Waals surface area contributed by atoms with Gasteiger partial charge in [0.2, 0.25) is 0 Å². The number of hydrazone groups is 1. The Hall–Kier alpha value is -5.17. The highest BCUT2D eigenvalue weighted by Gasteiger charge is 2.18. The van der Waals surface area contributed by atoms with Crippen LogP contribution in [-0.2, 0) is 0 Å². The SMILES string of the molecule is CCOc1ccc(-n2c(-c3ccccc3)cc(/C=N\Nc3ccc([N+](=O)[O-])cc3)c2-c2ccccc2)cc1. The summed E-state index contributed by atoms with van der Waals surface area (Å²) in [4.78, 5) is 10.5. The molecule has 1 aromatic heterocycles. The van der Waals surface area contributed by atoms with E-state index in [1.807, 2.05) is 55.5 Å². The minimum Gasteiger partial charge on any atom is -0.494 e. The summed E-state index contributed by atoms with van der Waals surface area (Å²) in [5.41, 5.74) is 9.71. The maximum absolute atomic E-state index is 10.9. The molecule has 0 atom stereocenters. The highest BCUT2D eigenvalue weighted by Crippen LogP contribution is 2.36. The number of nitrogens with zero attached hydrogens (tertiary/aromatic N) is 3. The van der Waals surface area contributed by atoms with Gasteiger partial charge in [-0.25, -0.2) is 0 Å². The maximum atomic E-state index is 10.9. The lowest BCUT2D eigenvalue weighted by molar-refractivity contribution is -0.384. The highest BCUT2D eigenvalue weighted by atomic mass is 16.6. The van der Waals surface area contributed by atoms with Crippen molar-refractivity contribution >= 4 is 17.6 Å². The van der Waals surface area contributed by atoms with Crippen LogP contribution in [-0.4, -0.2) is 22.3 Å². The summed E-state index contributed by atoms with van der Waals surface area (Å²) in [5.74, 6) is 0.819. The lowest BCUT2D eigenvalue weighted by Gasteiger charge is -2.15. The standard InChI is InChI=1S/C31H26N4O3/c1-2-38-29-19-17-27(18-20-29)34-30(23-9-5-3-6-10-23)21-25(31(34)24-11-7-4-8-12-24)22-32-33-26-13-15-28(16-14-26)35(36)37/h3-22,33H,2H2,1H3/b32-22-.